The van der Waals surface area contributed by atoms with Gasteiger partial charge in [0.2, 0.25) is 0 Å². The quantitative estimate of drug-likeness (QED) is 0.631. The third-order valence-electron chi connectivity index (χ3n) is 2.48. The summed E-state index contributed by atoms with van der Waals surface area (Å²) in [6.07, 6.45) is 0. The van der Waals surface area contributed by atoms with E-state index in [-0.39, 0.29) is 21.8 Å². The van der Waals surface area contributed by atoms with E-state index in [9.17, 15) is 4.79 Å². The summed E-state index contributed by atoms with van der Waals surface area (Å²) in [4.78, 5) is 16.1. The van der Waals surface area contributed by atoms with Gasteiger partial charge >= 0.3 is 0 Å². The zero-order valence-electron chi connectivity index (χ0n) is 10.2. The van der Waals surface area contributed by atoms with Crippen LogP contribution < -0.4 is 5.32 Å². The van der Waals surface area contributed by atoms with Gasteiger partial charge < -0.3 is 5.32 Å². The number of aromatic nitrogens is 1. The number of aryl methyl sites for hydroxylation is 1. The van der Waals surface area contributed by atoms with Gasteiger partial charge in [0.1, 0.15) is 10.3 Å². The Balaban J connectivity index is 2.33. The van der Waals surface area contributed by atoms with Gasteiger partial charge in [0.15, 0.2) is 0 Å². The Morgan fingerprint density at radius 2 is 1.80 bits per heavy atom. The zero-order valence-corrected chi connectivity index (χ0v) is 14.9. The predicted molar refractivity (Wildman–Crippen MR) is 88.8 cm³/mol. The number of anilines is 1. The van der Waals surface area contributed by atoms with E-state index in [1.54, 1.807) is 0 Å². The maximum Gasteiger partial charge on any atom is 0.258 e. The van der Waals surface area contributed by atoms with Gasteiger partial charge in [0.25, 0.3) is 5.91 Å². The van der Waals surface area contributed by atoms with Gasteiger partial charge in [-0.1, -0.05) is 23.2 Å². The number of benzene rings is 1. The third kappa shape index (κ3) is 3.52. The number of hydrogen-bond acceptors (Lipinski definition) is 2. The molecule has 0 radical (unpaired) electrons. The van der Waals surface area contributed by atoms with E-state index in [4.69, 9.17) is 23.2 Å². The molecule has 0 spiro atoms. The molecule has 0 atom stereocenters. The number of carbonyl (C=O) groups is 1. The molecular weight excluding hydrogens is 431 g/mol. The molecule has 2 rings (SSSR count). The Labute approximate surface area is 142 Å². The molecule has 7 heteroatoms. The van der Waals surface area contributed by atoms with E-state index < -0.39 is 0 Å². The first-order valence-electron chi connectivity index (χ1n) is 5.47. The topological polar surface area (TPSA) is 42.0 Å². The fraction of sp³-hybridized carbons (Fsp3) is 0.0769. The molecule has 0 saturated heterocycles. The van der Waals surface area contributed by atoms with Crippen molar-refractivity contribution >= 4 is 66.7 Å². The van der Waals surface area contributed by atoms with E-state index in [0.717, 1.165) is 14.5 Å². The molecular formula is C13H8Br2Cl2N2O. The second kappa shape index (κ2) is 6.43. The first kappa shape index (κ1) is 15.8. The zero-order chi connectivity index (χ0) is 14.9. The number of rotatable bonds is 2. The molecule has 20 heavy (non-hydrogen) atoms. The molecule has 0 bridgehead atoms. The molecule has 0 saturated carbocycles. The average molecular weight is 439 g/mol. The van der Waals surface area contributed by atoms with Crippen LogP contribution in [-0.4, -0.2) is 10.9 Å². The van der Waals surface area contributed by atoms with Crippen LogP contribution in [0.25, 0.3) is 0 Å². The summed E-state index contributed by atoms with van der Waals surface area (Å²) >= 11 is 18.5. The number of amides is 1. The van der Waals surface area contributed by atoms with E-state index >= 15 is 0 Å². The van der Waals surface area contributed by atoms with Crippen molar-refractivity contribution in [1.29, 1.82) is 0 Å². The lowest BCUT2D eigenvalue weighted by Gasteiger charge is -2.11. The van der Waals surface area contributed by atoms with Gasteiger partial charge in [-0.2, -0.15) is 0 Å². The fourth-order valence-electron chi connectivity index (χ4n) is 1.58. The van der Waals surface area contributed by atoms with E-state index in [1.807, 2.05) is 19.1 Å². The minimum atomic E-state index is -0.357. The minimum absolute atomic E-state index is 0.0642. The molecule has 0 aliphatic carbocycles. The summed E-state index contributed by atoms with van der Waals surface area (Å²) < 4.78 is 1.55. The van der Waals surface area contributed by atoms with Crippen LogP contribution >= 0.6 is 55.1 Å². The van der Waals surface area contributed by atoms with Crippen LogP contribution in [0.3, 0.4) is 0 Å². The largest absolute Gasteiger partial charge is 0.320 e. The Hall–Kier alpha value is -0.620. The van der Waals surface area contributed by atoms with Gasteiger partial charge in [0, 0.05) is 8.95 Å². The summed E-state index contributed by atoms with van der Waals surface area (Å²) in [5.74, 6) is -0.357. The molecule has 1 aromatic carbocycles. The standard InChI is InChI=1S/C13H8Br2Cl2N2O/c1-6-4-8(14)11(9(15)5-6)19-13(20)7-2-3-10(16)18-12(7)17/h2-5H,1H3,(H,19,20). The van der Waals surface area contributed by atoms with Crippen LogP contribution in [0.2, 0.25) is 10.3 Å². The maximum absolute atomic E-state index is 12.2. The lowest BCUT2D eigenvalue weighted by molar-refractivity contribution is 0.102. The average Bonchev–Trinajstić information content (AvgIpc) is 2.33. The van der Waals surface area contributed by atoms with Crippen molar-refractivity contribution in [3.8, 4) is 0 Å². The van der Waals surface area contributed by atoms with E-state index in [2.05, 4.69) is 42.2 Å². The molecule has 2 aromatic rings. The van der Waals surface area contributed by atoms with Crippen molar-refractivity contribution in [1.82, 2.24) is 4.98 Å². The van der Waals surface area contributed by atoms with Crippen LogP contribution in [0.1, 0.15) is 15.9 Å². The molecule has 1 heterocycles. The molecule has 104 valence electrons. The molecule has 0 aliphatic rings. The summed E-state index contributed by atoms with van der Waals surface area (Å²) in [5, 5.41) is 3.09. The molecule has 1 amide bonds. The Bertz CT molecular complexity index is 669. The van der Waals surface area contributed by atoms with Crippen LogP contribution in [0.5, 0.6) is 0 Å². The fourth-order valence-corrected chi connectivity index (χ4v) is 3.63. The normalized spacial score (nSPS) is 10.4. The monoisotopic (exact) mass is 436 g/mol. The molecule has 1 N–H and O–H groups in total. The van der Waals surface area contributed by atoms with Crippen LogP contribution in [0, 0.1) is 6.92 Å². The highest BCUT2D eigenvalue weighted by Crippen LogP contribution is 2.33. The van der Waals surface area contributed by atoms with Crippen molar-refractivity contribution in [3.63, 3.8) is 0 Å². The third-order valence-corrected chi connectivity index (χ3v) is 4.23. The number of nitrogens with one attached hydrogen (secondary N) is 1. The summed E-state index contributed by atoms with van der Waals surface area (Å²) in [6, 6.07) is 6.86. The maximum atomic E-state index is 12.2. The number of pyridine rings is 1. The SMILES string of the molecule is Cc1cc(Br)c(NC(=O)c2ccc(Cl)nc2Cl)c(Br)c1. The van der Waals surface area contributed by atoms with E-state index in [1.165, 1.54) is 12.1 Å². The van der Waals surface area contributed by atoms with Crippen LogP contribution in [0.4, 0.5) is 5.69 Å². The molecule has 0 fully saturated rings. The van der Waals surface area contributed by atoms with E-state index in [0.29, 0.717) is 5.69 Å². The number of nitrogens with zero attached hydrogens (tertiary/aromatic N) is 1. The van der Waals surface area contributed by atoms with Gasteiger partial charge in [0.05, 0.1) is 11.3 Å². The highest BCUT2D eigenvalue weighted by molar-refractivity contribution is 9.11. The second-order valence-electron chi connectivity index (χ2n) is 4.03. The molecule has 0 aliphatic heterocycles. The molecule has 0 unspecified atom stereocenters. The lowest BCUT2D eigenvalue weighted by Crippen LogP contribution is -2.14. The van der Waals surface area contributed by atoms with Crippen molar-refractivity contribution in [2.45, 2.75) is 6.92 Å². The lowest BCUT2D eigenvalue weighted by atomic mass is 10.2. The Kier molecular flexibility index (Phi) is 5.07. The summed E-state index contributed by atoms with van der Waals surface area (Å²) in [6.45, 7) is 1.96. The summed E-state index contributed by atoms with van der Waals surface area (Å²) in [5.41, 5.74) is 1.95. The van der Waals surface area contributed by atoms with Gasteiger partial charge in [-0.15, -0.1) is 0 Å². The van der Waals surface area contributed by atoms with Gasteiger partial charge in [-0.3, -0.25) is 4.79 Å². The molecule has 1 aromatic heterocycles. The second-order valence-corrected chi connectivity index (χ2v) is 6.48. The van der Waals surface area contributed by atoms with Crippen LogP contribution in [-0.2, 0) is 0 Å². The highest BCUT2D eigenvalue weighted by Gasteiger charge is 2.15. The first-order valence-corrected chi connectivity index (χ1v) is 7.81. The van der Waals surface area contributed by atoms with Crippen molar-refractivity contribution in [2.24, 2.45) is 0 Å². The van der Waals surface area contributed by atoms with Crippen molar-refractivity contribution in [2.75, 3.05) is 5.32 Å². The molecule has 3 nitrogen and oxygen atoms in total. The van der Waals surface area contributed by atoms with Crippen molar-refractivity contribution in [3.05, 3.63) is 54.6 Å². The first-order chi connectivity index (χ1) is 9.38. The predicted octanol–water partition coefficient (Wildman–Crippen LogP) is 5.47. The Morgan fingerprint density at radius 3 is 2.35 bits per heavy atom. The minimum Gasteiger partial charge on any atom is -0.320 e. The number of carbonyl (C=O) groups excluding carboxylic acids is 1. The highest BCUT2D eigenvalue weighted by atomic mass is 79.9. The van der Waals surface area contributed by atoms with Gasteiger partial charge in [-0.25, -0.2) is 4.98 Å². The van der Waals surface area contributed by atoms with Crippen molar-refractivity contribution < 1.29 is 4.79 Å². The number of halogens is 4. The van der Waals surface area contributed by atoms with Gasteiger partial charge in [-0.05, 0) is 68.6 Å². The number of hydrogen-bond donors (Lipinski definition) is 1. The smallest absolute Gasteiger partial charge is 0.258 e. The summed E-state index contributed by atoms with van der Waals surface area (Å²) in [7, 11) is 0. The van der Waals surface area contributed by atoms with Crippen LogP contribution in [0.15, 0.2) is 33.2 Å². The Morgan fingerprint density at radius 1 is 1.20 bits per heavy atom.